The molecule has 0 aliphatic rings. The van der Waals surface area contributed by atoms with E-state index in [-0.39, 0.29) is 16.3 Å². The van der Waals surface area contributed by atoms with E-state index < -0.39 is 14.9 Å². The van der Waals surface area contributed by atoms with Crippen LogP contribution in [-0.2, 0) is 10.0 Å². The van der Waals surface area contributed by atoms with Gasteiger partial charge in [0.25, 0.3) is 15.7 Å². The molecule has 0 aromatic heterocycles. The third-order valence-electron chi connectivity index (χ3n) is 2.96. The average Bonchev–Trinajstić information content (AvgIpc) is 2.54. The summed E-state index contributed by atoms with van der Waals surface area (Å²) in [6.45, 7) is 0. The van der Waals surface area contributed by atoms with Crippen LogP contribution in [0.15, 0.2) is 47.4 Å². The number of benzene rings is 2. The molecule has 0 bridgehead atoms. The van der Waals surface area contributed by atoms with Gasteiger partial charge in [0.05, 0.1) is 29.7 Å². The van der Waals surface area contributed by atoms with Gasteiger partial charge in [0.15, 0.2) is 0 Å². The van der Waals surface area contributed by atoms with E-state index in [0.717, 1.165) is 24.3 Å². The molecule has 2 aromatic rings. The molecule has 2 aromatic carbocycles. The van der Waals surface area contributed by atoms with Crippen LogP contribution in [0.5, 0.6) is 11.5 Å². The van der Waals surface area contributed by atoms with Gasteiger partial charge in [-0.2, -0.15) is 0 Å². The summed E-state index contributed by atoms with van der Waals surface area (Å²) in [5, 5.41) is 10.6. The summed E-state index contributed by atoms with van der Waals surface area (Å²) in [6, 6.07) is 9.16. The number of non-ortho nitro benzene ring substituents is 1. The van der Waals surface area contributed by atoms with Crippen molar-refractivity contribution in [3.8, 4) is 11.5 Å². The molecule has 122 valence electrons. The zero-order chi connectivity index (χ0) is 17.0. The molecule has 0 fully saturated rings. The Morgan fingerprint density at radius 3 is 1.96 bits per heavy atom. The van der Waals surface area contributed by atoms with E-state index in [9.17, 15) is 18.5 Å². The molecule has 0 radical (unpaired) electrons. The van der Waals surface area contributed by atoms with Gasteiger partial charge in [-0.15, -0.1) is 0 Å². The van der Waals surface area contributed by atoms with Gasteiger partial charge < -0.3 is 9.47 Å². The van der Waals surface area contributed by atoms with Crippen LogP contribution in [0, 0.1) is 10.1 Å². The standard InChI is InChI=1S/C14H14N2O6S/c1-21-12-7-10(8-13(9-12)22-2)15-23(19,20)14-5-3-11(4-6-14)16(17)18/h3-9,15H,1-2H3. The number of hydrogen-bond donors (Lipinski definition) is 1. The Balaban J connectivity index is 2.32. The van der Waals surface area contributed by atoms with Gasteiger partial charge in [-0.3, -0.25) is 14.8 Å². The third kappa shape index (κ3) is 3.89. The lowest BCUT2D eigenvalue weighted by Gasteiger charge is -2.11. The largest absolute Gasteiger partial charge is 0.497 e. The number of ether oxygens (including phenoxy) is 2. The first-order chi connectivity index (χ1) is 10.9. The zero-order valence-electron chi connectivity index (χ0n) is 12.3. The van der Waals surface area contributed by atoms with E-state index in [0.29, 0.717) is 11.5 Å². The first-order valence-electron chi connectivity index (χ1n) is 6.36. The molecule has 2 rings (SSSR count). The van der Waals surface area contributed by atoms with Crippen molar-refractivity contribution >= 4 is 21.4 Å². The maximum Gasteiger partial charge on any atom is 0.269 e. The van der Waals surface area contributed by atoms with E-state index in [1.807, 2.05) is 0 Å². The Morgan fingerprint density at radius 1 is 1.00 bits per heavy atom. The van der Waals surface area contributed by atoms with Gasteiger partial charge in [0.2, 0.25) is 0 Å². The normalized spacial score (nSPS) is 10.9. The molecular weight excluding hydrogens is 324 g/mol. The Labute approximate surface area is 132 Å². The van der Waals surface area contributed by atoms with Crippen LogP contribution in [-0.4, -0.2) is 27.6 Å². The summed E-state index contributed by atoms with van der Waals surface area (Å²) in [5.74, 6) is 0.844. The van der Waals surface area contributed by atoms with Crippen LogP contribution in [0.2, 0.25) is 0 Å². The van der Waals surface area contributed by atoms with Crippen molar-refractivity contribution in [2.45, 2.75) is 4.90 Å². The summed E-state index contributed by atoms with van der Waals surface area (Å²) in [7, 11) is -0.994. The molecule has 0 aliphatic heterocycles. The van der Waals surface area contributed by atoms with E-state index in [1.54, 1.807) is 6.07 Å². The lowest BCUT2D eigenvalue weighted by atomic mass is 10.3. The quantitative estimate of drug-likeness (QED) is 0.640. The van der Waals surface area contributed by atoms with E-state index in [1.165, 1.54) is 26.4 Å². The topological polar surface area (TPSA) is 108 Å². The minimum absolute atomic E-state index is 0.0927. The Hall–Kier alpha value is -2.81. The number of hydrogen-bond acceptors (Lipinski definition) is 6. The second kappa shape index (κ2) is 6.53. The molecule has 0 aliphatic carbocycles. The minimum atomic E-state index is -3.89. The van der Waals surface area contributed by atoms with Gasteiger partial charge in [-0.25, -0.2) is 8.42 Å². The van der Waals surface area contributed by atoms with Crippen molar-refractivity contribution in [2.75, 3.05) is 18.9 Å². The van der Waals surface area contributed by atoms with Crippen molar-refractivity contribution < 1.29 is 22.8 Å². The van der Waals surface area contributed by atoms with Gasteiger partial charge in [-0.1, -0.05) is 0 Å². The number of nitrogens with one attached hydrogen (secondary N) is 1. The smallest absolute Gasteiger partial charge is 0.269 e. The van der Waals surface area contributed by atoms with Gasteiger partial charge in [-0.05, 0) is 12.1 Å². The molecule has 0 amide bonds. The number of methoxy groups -OCH3 is 2. The average molecular weight is 338 g/mol. The maximum atomic E-state index is 12.3. The molecule has 0 heterocycles. The Morgan fingerprint density at radius 2 is 1.52 bits per heavy atom. The highest BCUT2D eigenvalue weighted by Crippen LogP contribution is 2.27. The van der Waals surface area contributed by atoms with E-state index >= 15 is 0 Å². The molecule has 0 atom stereocenters. The number of rotatable bonds is 6. The van der Waals surface area contributed by atoms with Crippen molar-refractivity contribution in [3.05, 3.63) is 52.6 Å². The maximum absolute atomic E-state index is 12.3. The van der Waals surface area contributed by atoms with Crippen LogP contribution >= 0.6 is 0 Å². The molecule has 9 heteroatoms. The van der Waals surface area contributed by atoms with Crippen molar-refractivity contribution in [2.24, 2.45) is 0 Å². The van der Waals surface area contributed by atoms with E-state index in [2.05, 4.69) is 4.72 Å². The first-order valence-corrected chi connectivity index (χ1v) is 7.84. The number of anilines is 1. The second-order valence-corrected chi connectivity index (χ2v) is 6.14. The first kappa shape index (κ1) is 16.6. The summed E-state index contributed by atoms with van der Waals surface area (Å²) >= 11 is 0. The summed E-state index contributed by atoms with van der Waals surface area (Å²) in [4.78, 5) is 9.91. The van der Waals surface area contributed by atoms with Crippen molar-refractivity contribution in [1.29, 1.82) is 0 Å². The van der Waals surface area contributed by atoms with Gasteiger partial charge in [0.1, 0.15) is 11.5 Å². The second-order valence-electron chi connectivity index (χ2n) is 4.46. The highest BCUT2D eigenvalue weighted by molar-refractivity contribution is 7.92. The zero-order valence-corrected chi connectivity index (χ0v) is 13.2. The molecule has 1 N–H and O–H groups in total. The Kier molecular flexibility index (Phi) is 4.70. The predicted octanol–water partition coefficient (Wildman–Crippen LogP) is 2.41. The van der Waals surface area contributed by atoms with Crippen molar-refractivity contribution in [1.82, 2.24) is 0 Å². The number of sulfonamides is 1. The molecule has 23 heavy (non-hydrogen) atoms. The fourth-order valence-corrected chi connectivity index (χ4v) is 2.87. The molecular formula is C14H14N2O6S. The fourth-order valence-electron chi connectivity index (χ4n) is 1.83. The lowest BCUT2D eigenvalue weighted by Crippen LogP contribution is -2.13. The number of nitro benzene ring substituents is 1. The molecule has 8 nitrogen and oxygen atoms in total. The predicted molar refractivity (Wildman–Crippen MR) is 83.5 cm³/mol. The van der Waals surface area contributed by atoms with Gasteiger partial charge >= 0.3 is 0 Å². The van der Waals surface area contributed by atoms with Crippen LogP contribution in [0.4, 0.5) is 11.4 Å². The fraction of sp³-hybridized carbons (Fsp3) is 0.143. The van der Waals surface area contributed by atoms with Crippen LogP contribution < -0.4 is 14.2 Å². The monoisotopic (exact) mass is 338 g/mol. The highest BCUT2D eigenvalue weighted by atomic mass is 32.2. The number of nitrogens with zero attached hydrogens (tertiary/aromatic N) is 1. The summed E-state index contributed by atoms with van der Waals surface area (Å²) in [5.41, 5.74) is 0.0616. The number of nitro groups is 1. The Bertz CT molecular complexity index is 795. The highest BCUT2D eigenvalue weighted by Gasteiger charge is 2.17. The SMILES string of the molecule is COc1cc(NS(=O)(=O)c2ccc([N+](=O)[O-])cc2)cc(OC)c1. The van der Waals surface area contributed by atoms with Crippen LogP contribution in [0.1, 0.15) is 0 Å². The van der Waals surface area contributed by atoms with Crippen molar-refractivity contribution in [3.63, 3.8) is 0 Å². The summed E-state index contributed by atoms with van der Waals surface area (Å²) < 4.78 is 37.2. The van der Waals surface area contributed by atoms with Gasteiger partial charge in [0, 0.05) is 30.3 Å². The summed E-state index contributed by atoms with van der Waals surface area (Å²) in [6.07, 6.45) is 0. The van der Waals surface area contributed by atoms with E-state index in [4.69, 9.17) is 9.47 Å². The molecule has 0 saturated carbocycles. The van der Waals surface area contributed by atoms with Crippen LogP contribution in [0.3, 0.4) is 0 Å². The molecule has 0 saturated heterocycles. The van der Waals surface area contributed by atoms with Crippen LogP contribution in [0.25, 0.3) is 0 Å². The lowest BCUT2D eigenvalue weighted by molar-refractivity contribution is -0.384. The molecule has 0 spiro atoms. The third-order valence-corrected chi connectivity index (χ3v) is 4.36. The molecule has 0 unspecified atom stereocenters. The minimum Gasteiger partial charge on any atom is -0.497 e.